The predicted octanol–water partition coefficient (Wildman–Crippen LogP) is 2.46. The number of esters is 1. The van der Waals surface area contributed by atoms with Crippen molar-refractivity contribution >= 4 is 17.5 Å². The second-order valence-electron chi connectivity index (χ2n) is 4.59. The molecule has 8 nitrogen and oxygen atoms in total. The van der Waals surface area contributed by atoms with Gasteiger partial charge in [0.15, 0.2) is 11.5 Å². The van der Waals surface area contributed by atoms with E-state index >= 15 is 0 Å². The number of aryl methyl sites for hydroxylation is 3. The van der Waals surface area contributed by atoms with Crippen LogP contribution in [-0.2, 0) is 11.3 Å². The SMILES string of the molecule is Cc1cc(-c2nnc(COC(=O)c3snnc3C)o2)c(C)o1. The van der Waals surface area contributed by atoms with Crippen LogP contribution in [0, 0.1) is 20.8 Å². The lowest BCUT2D eigenvalue weighted by Gasteiger charge is -1.98. The Hall–Kier alpha value is -2.55. The van der Waals surface area contributed by atoms with Crippen LogP contribution in [0.25, 0.3) is 11.5 Å². The van der Waals surface area contributed by atoms with Crippen molar-refractivity contribution in [3.8, 4) is 11.5 Å². The van der Waals surface area contributed by atoms with Gasteiger partial charge in [-0.05, 0) is 38.4 Å². The highest BCUT2D eigenvalue weighted by Gasteiger charge is 2.18. The largest absolute Gasteiger partial charge is 0.466 e. The monoisotopic (exact) mass is 320 g/mol. The van der Waals surface area contributed by atoms with Crippen molar-refractivity contribution in [2.75, 3.05) is 0 Å². The molecule has 114 valence electrons. The zero-order valence-corrected chi connectivity index (χ0v) is 12.9. The maximum absolute atomic E-state index is 11.8. The average Bonchev–Trinajstić information content (AvgIpc) is 3.16. The van der Waals surface area contributed by atoms with Crippen molar-refractivity contribution in [1.29, 1.82) is 0 Å². The Morgan fingerprint density at radius 2 is 2.05 bits per heavy atom. The molecule has 0 saturated heterocycles. The summed E-state index contributed by atoms with van der Waals surface area (Å²) in [5, 5.41) is 11.5. The summed E-state index contributed by atoms with van der Waals surface area (Å²) in [6.07, 6.45) is 0. The topological polar surface area (TPSA) is 104 Å². The first kappa shape index (κ1) is 14.4. The first-order valence-corrected chi connectivity index (χ1v) is 7.18. The summed E-state index contributed by atoms with van der Waals surface area (Å²) in [6.45, 7) is 5.22. The molecule has 3 aromatic rings. The second kappa shape index (κ2) is 5.68. The minimum atomic E-state index is -0.511. The van der Waals surface area contributed by atoms with Gasteiger partial charge in [0, 0.05) is 0 Å². The van der Waals surface area contributed by atoms with Crippen molar-refractivity contribution in [2.45, 2.75) is 27.4 Å². The third-order valence-corrected chi connectivity index (χ3v) is 3.71. The van der Waals surface area contributed by atoms with Gasteiger partial charge in [0.1, 0.15) is 11.5 Å². The maximum Gasteiger partial charge on any atom is 0.352 e. The minimum absolute atomic E-state index is 0.112. The number of hydrogen-bond acceptors (Lipinski definition) is 9. The minimum Gasteiger partial charge on any atom is -0.466 e. The Labute approximate surface area is 129 Å². The van der Waals surface area contributed by atoms with Crippen LogP contribution < -0.4 is 0 Å². The van der Waals surface area contributed by atoms with Gasteiger partial charge >= 0.3 is 5.97 Å². The van der Waals surface area contributed by atoms with Gasteiger partial charge in [0.25, 0.3) is 11.8 Å². The quantitative estimate of drug-likeness (QED) is 0.675. The van der Waals surface area contributed by atoms with E-state index in [4.69, 9.17) is 13.6 Å². The fourth-order valence-electron chi connectivity index (χ4n) is 1.88. The summed E-state index contributed by atoms with van der Waals surface area (Å²) < 4.78 is 19.7. The van der Waals surface area contributed by atoms with Crippen LogP contribution in [0.15, 0.2) is 14.9 Å². The Morgan fingerprint density at radius 3 is 2.68 bits per heavy atom. The summed E-state index contributed by atoms with van der Waals surface area (Å²) in [5.41, 5.74) is 1.26. The molecule has 3 rings (SSSR count). The van der Waals surface area contributed by atoms with Gasteiger partial charge < -0.3 is 13.6 Å². The van der Waals surface area contributed by atoms with Gasteiger partial charge in [-0.1, -0.05) is 4.49 Å². The number of rotatable bonds is 4. The van der Waals surface area contributed by atoms with E-state index in [0.717, 1.165) is 22.9 Å². The highest BCUT2D eigenvalue weighted by molar-refractivity contribution is 7.07. The molecule has 0 aliphatic carbocycles. The predicted molar refractivity (Wildman–Crippen MR) is 75.2 cm³/mol. The molecular weight excluding hydrogens is 308 g/mol. The molecule has 3 aromatic heterocycles. The molecule has 0 radical (unpaired) electrons. The van der Waals surface area contributed by atoms with E-state index in [-0.39, 0.29) is 12.5 Å². The zero-order chi connectivity index (χ0) is 15.7. The Morgan fingerprint density at radius 1 is 1.23 bits per heavy atom. The van der Waals surface area contributed by atoms with Crippen molar-refractivity contribution in [2.24, 2.45) is 0 Å². The van der Waals surface area contributed by atoms with Crippen molar-refractivity contribution in [1.82, 2.24) is 19.8 Å². The molecule has 0 spiro atoms. The van der Waals surface area contributed by atoms with Gasteiger partial charge in [0.2, 0.25) is 0 Å². The molecule has 0 fully saturated rings. The molecule has 0 saturated carbocycles. The normalized spacial score (nSPS) is 10.9. The molecule has 0 N–H and O–H groups in total. The van der Waals surface area contributed by atoms with Gasteiger partial charge in [-0.3, -0.25) is 0 Å². The van der Waals surface area contributed by atoms with Crippen LogP contribution in [0.1, 0.15) is 32.8 Å². The van der Waals surface area contributed by atoms with Gasteiger partial charge in [-0.25, -0.2) is 4.79 Å². The Bertz CT molecular complexity index is 820. The van der Waals surface area contributed by atoms with Crippen LogP contribution in [0.3, 0.4) is 0 Å². The van der Waals surface area contributed by atoms with Crippen molar-refractivity contribution in [3.63, 3.8) is 0 Å². The van der Waals surface area contributed by atoms with Crippen LogP contribution in [0.4, 0.5) is 0 Å². The molecule has 0 aromatic carbocycles. The first-order chi connectivity index (χ1) is 10.5. The van der Waals surface area contributed by atoms with Crippen molar-refractivity contribution in [3.05, 3.63) is 34.0 Å². The lowest BCUT2D eigenvalue weighted by Crippen LogP contribution is -2.05. The number of carbonyl (C=O) groups excluding carboxylic acids is 1. The molecule has 0 aliphatic heterocycles. The molecule has 3 heterocycles. The van der Waals surface area contributed by atoms with E-state index < -0.39 is 5.97 Å². The van der Waals surface area contributed by atoms with E-state index in [9.17, 15) is 4.79 Å². The summed E-state index contributed by atoms with van der Waals surface area (Å²) >= 11 is 0.985. The number of carbonyl (C=O) groups is 1. The molecule has 0 amide bonds. The summed E-state index contributed by atoms with van der Waals surface area (Å²) in [4.78, 5) is 12.2. The third kappa shape index (κ3) is 2.75. The van der Waals surface area contributed by atoms with E-state index in [1.807, 2.05) is 19.9 Å². The van der Waals surface area contributed by atoms with E-state index in [0.29, 0.717) is 22.2 Å². The molecule has 22 heavy (non-hydrogen) atoms. The lowest BCUT2D eigenvalue weighted by atomic mass is 10.2. The van der Waals surface area contributed by atoms with Gasteiger partial charge in [-0.15, -0.1) is 15.3 Å². The molecule has 9 heteroatoms. The van der Waals surface area contributed by atoms with Crippen LogP contribution in [0.2, 0.25) is 0 Å². The average molecular weight is 320 g/mol. The van der Waals surface area contributed by atoms with Crippen LogP contribution in [0.5, 0.6) is 0 Å². The molecule has 0 atom stereocenters. The Kier molecular flexibility index (Phi) is 3.72. The zero-order valence-electron chi connectivity index (χ0n) is 12.1. The molecule has 0 bridgehead atoms. The lowest BCUT2D eigenvalue weighted by molar-refractivity contribution is 0.0443. The smallest absolute Gasteiger partial charge is 0.352 e. The maximum atomic E-state index is 11.8. The van der Waals surface area contributed by atoms with Crippen LogP contribution in [-0.4, -0.2) is 25.8 Å². The third-order valence-electron chi connectivity index (χ3n) is 2.90. The van der Waals surface area contributed by atoms with Gasteiger partial charge in [0.05, 0.1) is 11.3 Å². The number of nitrogens with zero attached hydrogens (tertiary/aromatic N) is 4. The highest BCUT2D eigenvalue weighted by atomic mass is 32.1. The molecule has 0 unspecified atom stereocenters. The van der Waals surface area contributed by atoms with Crippen molar-refractivity contribution < 1.29 is 18.4 Å². The fraction of sp³-hybridized carbons (Fsp3) is 0.308. The standard InChI is InChI=1S/C13H12N4O4S/c1-6-4-9(8(3)20-6)12-16-15-10(21-12)5-19-13(18)11-7(2)14-17-22-11/h4H,5H2,1-3H3. The number of ether oxygens (including phenoxy) is 1. The van der Waals surface area contributed by atoms with Crippen LogP contribution >= 0.6 is 11.5 Å². The number of hydrogen-bond donors (Lipinski definition) is 0. The number of aromatic nitrogens is 4. The first-order valence-electron chi connectivity index (χ1n) is 6.40. The molecular formula is C13H12N4O4S. The van der Waals surface area contributed by atoms with E-state index in [1.165, 1.54) is 0 Å². The van der Waals surface area contributed by atoms with E-state index in [2.05, 4.69) is 19.8 Å². The highest BCUT2D eigenvalue weighted by Crippen LogP contribution is 2.25. The number of furan rings is 1. The van der Waals surface area contributed by atoms with E-state index in [1.54, 1.807) is 6.92 Å². The molecule has 0 aliphatic rings. The second-order valence-corrected chi connectivity index (χ2v) is 5.35. The summed E-state index contributed by atoms with van der Waals surface area (Å²) in [5.74, 6) is 1.47. The summed E-state index contributed by atoms with van der Waals surface area (Å²) in [6, 6.07) is 1.81. The Balaban J connectivity index is 1.69. The summed E-state index contributed by atoms with van der Waals surface area (Å²) in [7, 11) is 0. The fourth-order valence-corrected chi connectivity index (χ4v) is 2.43. The van der Waals surface area contributed by atoms with Gasteiger partial charge in [-0.2, -0.15) is 0 Å².